The van der Waals surface area contributed by atoms with E-state index in [-0.39, 0.29) is 12.1 Å². The summed E-state index contributed by atoms with van der Waals surface area (Å²) < 4.78 is 74.1. The van der Waals surface area contributed by atoms with Gasteiger partial charge in [0, 0.05) is 6.04 Å². The van der Waals surface area contributed by atoms with Gasteiger partial charge in [0.15, 0.2) is 5.92 Å². The minimum atomic E-state index is -5.34. The second-order valence-corrected chi connectivity index (χ2v) is 3.44. The third-order valence-electron chi connectivity index (χ3n) is 1.99. The zero-order valence-electron chi connectivity index (χ0n) is 8.84. The van der Waals surface area contributed by atoms with Gasteiger partial charge >= 0.3 is 12.4 Å². The average Bonchev–Trinajstić information content (AvgIpc) is 1.97. The van der Waals surface area contributed by atoms with Gasteiger partial charge in [0.25, 0.3) is 0 Å². The van der Waals surface area contributed by atoms with Crippen LogP contribution < -0.4 is 5.32 Å². The maximum Gasteiger partial charge on any atom is 0.402 e. The second-order valence-electron chi connectivity index (χ2n) is 3.44. The van der Waals surface area contributed by atoms with Crippen LogP contribution in [-0.4, -0.2) is 24.9 Å². The first-order valence-corrected chi connectivity index (χ1v) is 4.54. The molecule has 0 aromatic carbocycles. The largest absolute Gasteiger partial charge is 0.402 e. The smallest absolute Gasteiger partial charge is 0.310 e. The zero-order chi connectivity index (χ0) is 13.1. The Morgan fingerprint density at radius 1 is 1.12 bits per heavy atom. The first-order chi connectivity index (χ1) is 7.01. The van der Waals surface area contributed by atoms with Gasteiger partial charge in [-0.3, -0.25) is 0 Å². The summed E-state index contributed by atoms with van der Waals surface area (Å²) in [6.07, 6.45) is -10.7. The first-order valence-electron chi connectivity index (χ1n) is 4.54. The van der Waals surface area contributed by atoms with Crippen molar-refractivity contribution in [3.63, 3.8) is 0 Å². The van der Waals surface area contributed by atoms with Crippen LogP contribution >= 0.6 is 0 Å². The Balaban J connectivity index is 5.22. The van der Waals surface area contributed by atoms with Crippen molar-refractivity contribution in [1.29, 1.82) is 0 Å². The maximum absolute atomic E-state index is 12.3. The molecule has 0 heterocycles. The van der Waals surface area contributed by atoms with E-state index < -0.39 is 24.3 Å². The molecule has 0 saturated heterocycles. The quantitative estimate of drug-likeness (QED) is 0.595. The number of rotatable bonds is 4. The van der Waals surface area contributed by atoms with E-state index in [9.17, 15) is 26.3 Å². The molecule has 16 heavy (non-hydrogen) atoms. The third kappa shape index (κ3) is 4.03. The summed E-state index contributed by atoms with van der Waals surface area (Å²) in [6.45, 7) is 5.73. The lowest BCUT2D eigenvalue weighted by atomic mass is 9.93. The minimum absolute atomic E-state index is 0.000185. The summed E-state index contributed by atoms with van der Waals surface area (Å²) in [7, 11) is 0. The summed E-state index contributed by atoms with van der Waals surface area (Å²) in [5, 5.41) is 2.16. The Labute approximate surface area is 89.5 Å². The van der Waals surface area contributed by atoms with Gasteiger partial charge in [-0.1, -0.05) is 19.1 Å². The molecular formula is C9H13F6N. The number of hydrogen-bond acceptors (Lipinski definition) is 1. The highest BCUT2D eigenvalue weighted by Crippen LogP contribution is 2.42. The molecule has 0 aliphatic rings. The Hall–Kier alpha value is -0.720. The van der Waals surface area contributed by atoms with Crippen LogP contribution in [0.15, 0.2) is 12.2 Å². The predicted octanol–water partition coefficient (Wildman–Crippen LogP) is 3.28. The molecule has 0 aliphatic heterocycles. The van der Waals surface area contributed by atoms with E-state index in [1.165, 1.54) is 6.92 Å². The Morgan fingerprint density at radius 2 is 1.50 bits per heavy atom. The molecule has 1 nitrogen and oxygen atoms in total. The SMILES string of the molecule is C=C(C)C(NCC)C(C(F)(F)F)C(F)(F)F. The third-order valence-corrected chi connectivity index (χ3v) is 1.99. The van der Waals surface area contributed by atoms with Crippen molar-refractivity contribution in [2.75, 3.05) is 6.54 Å². The van der Waals surface area contributed by atoms with Crippen LogP contribution in [0.2, 0.25) is 0 Å². The van der Waals surface area contributed by atoms with Gasteiger partial charge in [0.2, 0.25) is 0 Å². The fraction of sp³-hybridized carbons (Fsp3) is 0.778. The molecular weight excluding hydrogens is 236 g/mol. The van der Waals surface area contributed by atoms with E-state index in [4.69, 9.17) is 0 Å². The normalized spacial score (nSPS) is 15.3. The van der Waals surface area contributed by atoms with Crippen molar-refractivity contribution in [2.24, 2.45) is 5.92 Å². The van der Waals surface area contributed by atoms with Crippen LogP contribution in [0, 0.1) is 5.92 Å². The Kier molecular flexibility index (Phi) is 4.85. The molecule has 1 N–H and O–H groups in total. The highest BCUT2D eigenvalue weighted by atomic mass is 19.4. The molecule has 96 valence electrons. The molecule has 0 spiro atoms. The van der Waals surface area contributed by atoms with Crippen LogP contribution in [0.4, 0.5) is 26.3 Å². The van der Waals surface area contributed by atoms with Gasteiger partial charge in [0.1, 0.15) is 0 Å². The molecule has 0 rings (SSSR count). The van der Waals surface area contributed by atoms with Gasteiger partial charge in [-0.25, -0.2) is 0 Å². The standard InChI is InChI=1S/C9H13F6N/c1-4-16-6(5(2)3)7(8(10,11)12)9(13,14)15/h6-7,16H,2,4H2,1,3H3. The Morgan fingerprint density at radius 3 is 1.69 bits per heavy atom. The van der Waals surface area contributed by atoms with Crippen LogP contribution in [-0.2, 0) is 0 Å². The molecule has 0 aliphatic carbocycles. The number of likely N-dealkylation sites (N-methyl/N-ethyl adjacent to an activating group) is 1. The van der Waals surface area contributed by atoms with Gasteiger partial charge in [-0.2, -0.15) is 26.3 Å². The molecule has 0 aromatic heterocycles. The van der Waals surface area contributed by atoms with Crippen molar-refractivity contribution >= 4 is 0 Å². The lowest BCUT2D eigenvalue weighted by Gasteiger charge is -2.31. The molecule has 0 aromatic rings. The predicted molar refractivity (Wildman–Crippen MR) is 47.9 cm³/mol. The minimum Gasteiger partial charge on any atom is -0.310 e. The molecule has 0 fully saturated rings. The summed E-state index contributed by atoms with van der Waals surface area (Å²) in [4.78, 5) is 0. The van der Waals surface area contributed by atoms with Crippen LogP contribution in [0.5, 0.6) is 0 Å². The first kappa shape index (κ1) is 15.3. The van der Waals surface area contributed by atoms with Crippen molar-refractivity contribution in [2.45, 2.75) is 32.2 Å². The zero-order valence-corrected chi connectivity index (χ0v) is 8.84. The van der Waals surface area contributed by atoms with Crippen LogP contribution in [0.3, 0.4) is 0 Å². The molecule has 1 atom stereocenters. The van der Waals surface area contributed by atoms with E-state index in [1.54, 1.807) is 0 Å². The topological polar surface area (TPSA) is 12.0 Å². The number of halogens is 6. The molecule has 0 amide bonds. The van der Waals surface area contributed by atoms with Crippen LogP contribution in [0.1, 0.15) is 13.8 Å². The van der Waals surface area contributed by atoms with Gasteiger partial charge in [0.05, 0.1) is 0 Å². The second kappa shape index (κ2) is 5.07. The molecule has 7 heteroatoms. The van der Waals surface area contributed by atoms with Gasteiger partial charge in [-0.15, -0.1) is 0 Å². The van der Waals surface area contributed by atoms with Crippen molar-refractivity contribution in [3.8, 4) is 0 Å². The monoisotopic (exact) mass is 249 g/mol. The highest BCUT2D eigenvalue weighted by molar-refractivity contribution is 5.07. The van der Waals surface area contributed by atoms with E-state index in [1.807, 2.05) is 0 Å². The lowest BCUT2D eigenvalue weighted by molar-refractivity contribution is -0.288. The number of hydrogen-bond donors (Lipinski definition) is 1. The fourth-order valence-corrected chi connectivity index (χ4v) is 1.36. The van der Waals surface area contributed by atoms with Gasteiger partial charge < -0.3 is 5.32 Å². The molecule has 0 saturated carbocycles. The van der Waals surface area contributed by atoms with Crippen LogP contribution in [0.25, 0.3) is 0 Å². The summed E-state index contributed by atoms with van der Waals surface area (Å²) >= 11 is 0. The Bertz CT molecular complexity index is 227. The molecule has 0 bridgehead atoms. The van der Waals surface area contributed by atoms with E-state index in [0.717, 1.165) is 6.92 Å². The summed E-state index contributed by atoms with van der Waals surface area (Å²) in [5.41, 5.74) is -0.193. The summed E-state index contributed by atoms with van der Waals surface area (Å²) in [5.74, 6) is -3.42. The highest BCUT2D eigenvalue weighted by Gasteiger charge is 2.60. The summed E-state index contributed by atoms with van der Waals surface area (Å²) in [6, 6.07) is -1.84. The van der Waals surface area contributed by atoms with Crippen molar-refractivity contribution < 1.29 is 26.3 Å². The maximum atomic E-state index is 12.3. The molecule has 0 radical (unpaired) electrons. The fourth-order valence-electron chi connectivity index (χ4n) is 1.36. The molecule has 1 unspecified atom stereocenters. The van der Waals surface area contributed by atoms with E-state index in [0.29, 0.717) is 0 Å². The average molecular weight is 249 g/mol. The number of nitrogens with one attached hydrogen (secondary N) is 1. The number of alkyl halides is 6. The van der Waals surface area contributed by atoms with Crippen molar-refractivity contribution in [3.05, 3.63) is 12.2 Å². The van der Waals surface area contributed by atoms with Gasteiger partial charge in [-0.05, 0) is 13.5 Å². The van der Waals surface area contributed by atoms with E-state index >= 15 is 0 Å². The van der Waals surface area contributed by atoms with Crippen molar-refractivity contribution in [1.82, 2.24) is 5.32 Å². The lowest BCUT2D eigenvalue weighted by Crippen LogP contribution is -2.51. The van der Waals surface area contributed by atoms with E-state index in [2.05, 4.69) is 11.9 Å².